The average molecular weight is 343 g/mol. The molecule has 0 bridgehead atoms. The van der Waals surface area contributed by atoms with Crippen molar-refractivity contribution < 1.29 is 33.7 Å². The number of aliphatic hydroxyl groups excluding tert-OH is 1. The van der Waals surface area contributed by atoms with Gasteiger partial charge in [-0.05, 0) is 19.8 Å². The molecule has 0 aromatic rings. The fraction of sp³-hybridized carbons (Fsp3) is 0.750. The number of rotatable bonds is 8. The second-order valence-corrected chi connectivity index (χ2v) is 6.07. The molecule has 0 spiro atoms. The van der Waals surface area contributed by atoms with E-state index in [-0.39, 0.29) is 18.1 Å². The number of unbranched alkanes of at least 4 members (excludes halogenated alkanes) is 2. The van der Waals surface area contributed by atoms with Gasteiger partial charge in [-0.3, -0.25) is 14.4 Å². The smallest absolute Gasteiger partial charge is 0.320 e. The second-order valence-electron chi connectivity index (χ2n) is 6.07. The Bertz CT molecular complexity index is 533. The molecule has 0 radical (unpaired) electrons. The summed E-state index contributed by atoms with van der Waals surface area (Å²) in [6, 6.07) is 0. The fourth-order valence-electron chi connectivity index (χ4n) is 3.03. The SMILES string of the molecule is CCCCC[C@H]1OC2=C(C(=O)N(OC)C2=O)[C@@H](O)[C@]1(C)OCOC. The van der Waals surface area contributed by atoms with E-state index < -0.39 is 29.6 Å². The van der Waals surface area contributed by atoms with Crippen LogP contribution in [-0.4, -0.2) is 60.8 Å². The monoisotopic (exact) mass is 343 g/mol. The standard InChI is InChI=1S/C16H25NO7/c1-5-6-7-8-10-16(2,23-9-21-3)13(18)11-12(24-10)15(20)17(22-4)14(11)19/h10,13,18H,5-9H2,1-4H3/t10-,13-,16-/m1/s1. The quantitative estimate of drug-likeness (QED) is 0.397. The van der Waals surface area contributed by atoms with Crippen LogP contribution in [0.25, 0.3) is 0 Å². The van der Waals surface area contributed by atoms with Crippen LogP contribution in [0.2, 0.25) is 0 Å². The highest BCUT2D eigenvalue weighted by Crippen LogP contribution is 2.41. The maximum atomic E-state index is 12.3. The van der Waals surface area contributed by atoms with E-state index in [2.05, 4.69) is 6.92 Å². The van der Waals surface area contributed by atoms with Crippen LogP contribution >= 0.6 is 0 Å². The second kappa shape index (κ2) is 7.60. The Kier molecular flexibility index (Phi) is 5.97. The van der Waals surface area contributed by atoms with E-state index in [0.29, 0.717) is 11.5 Å². The Morgan fingerprint density at radius 2 is 1.96 bits per heavy atom. The van der Waals surface area contributed by atoms with Gasteiger partial charge in [0.15, 0.2) is 5.76 Å². The van der Waals surface area contributed by atoms with Crippen LogP contribution in [0.1, 0.15) is 39.5 Å². The van der Waals surface area contributed by atoms with E-state index in [9.17, 15) is 14.7 Å². The number of amides is 2. The molecule has 136 valence electrons. The van der Waals surface area contributed by atoms with Crippen molar-refractivity contribution in [2.24, 2.45) is 0 Å². The Morgan fingerprint density at radius 3 is 2.54 bits per heavy atom. The molecule has 0 unspecified atom stereocenters. The summed E-state index contributed by atoms with van der Waals surface area (Å²) in [7, 11) is 2.67. The predicted octanol–water partition coefficient (Wildman–Crippen LogP) is 0.890. The summed E-state index contributed by atoms with van der Waals surface area (Å²) in [6.07, 6.45) is 1.53. The largest absolute Gasteiger partial charge is 0.481 e. The average Bonchev–Trinajstić information content (AvgIpc) is 2.80. The van der Waals surface area contributed by atoms with Crippen molar-refractivity contribution in [2.75, 3.05) is 21.0 Å². The highest BCUT2D eigenvalue weighted by molar-refractivity contribution is 6.18. The first-order valence-corrected chi connectivity index (χ1v) is 8.07. The summed E-state index contributed by atoms with van der Waals surface area (Å²) in [6.45, 7) is 3.66. The minimum Gasteiger partial charge on any atom is -0.481 e. The molecular weight excluding hydrogens is 318 g/mol. The number of hydrogen-bond acceptors (Lipinski definition) is 7. The minimum atomic E-state index is -1.32. The van der Waals surface area contributed by atoms with Crippen molar-refractivity contribution >= 4 is 11.8 Å². The van der Waals surface area contributed by atoms with Gasteiger partial charge >= 0.3 is 5.91 Å². The maximum absolute atomic E-state index is 12.3. The highest BCUT2D eigenvalue weighted by atomic mass is 16.7. The number of ether oxygens (including phenoxy) is 3. The zero-order valence-corrected chi connectivity index (χ0v) is 14.5. The molecule has 2 heterocycles. The normalized spacial score (nSPS) is 30.0. The zero-order valence-electron chi connectivity index (χ0n) is 14.5. The Balaban J connectivity index is 2.33. The highest BCUT2D eigenvalue weighted by Gasteiger charge is 2.57. The summed E-state index contributed by atoms with van der Waals surface area (Å²) in [5, 5.41) is 11.4. The van der Waals surface area contributed by atoms with Crippen molar-refractivity contribution in [1.82, 2.24) is 5.06 Å². The summed E-state index contributed by atoms with van der Waals surface area (Å²) in [5.41, 5.74) is -1.34. The predicted molar refractivity (Wildman–Crippen MR) is 82.3 cm³/mol. The molecule has 0 aromatic carbocycles. The first-order chi connectivity index (χ1) is 11.4. The summed E-state index contributed by atoms with van der Waals surface area (Å²) in [4.78, 5) is 29.4. The molecular formula is C16H25NO7. The van der Waals surface area contributed by atoms with Gasteiger partial charge in [-0.15, -0.1) is 5.06 Å². The molecule has 2 amide bonds. The zero-order chi connectivity index (χ0) is 17.9. The molecule has 8 nitrogen and oxygen atoms in total. The van der Waals surface area contributed by atoms with Crippen molar-refractivity contribution in [1.29, 1.82) is 0 Å². The lowest BCUT2D eigenvalue weighted by Gasteiger charge is -2.43. The summed E-state index contributed by atoms with van der Waals surface area (Å²) >= 11 is 0. The number of carbonyl (C=O) groups excluding carboxylic acids is 2. The van der Waals surface area contributed by atoms with Gasteiger partial charge in [-0.25, -0.2) is 0 Å². The van der Waals surface area contributed by atoms with Gasteiger partial charge in [-0.2, -0.15) is 0 Å². The molecule has 3 atom stereocenters. The van der Waals surface area contributed by atoms with Gasteiger partial charge in [0.25, 0.3) is 5.91 Å². The molecule has 8 heteroatoms. The van der Waals surface area contributed by atoms with Crippen LogP contribution < -0.4 is 0 Å². The van der Waals surface area contributed by atoms with Gasteiger partial charge in [-0.1, -0.05) is 19.8 Å². The van der Waals surface area contributed by atoms with Gasteiger partial charge in [0.2, 0.25) is 0 Å². The summed E-state index contributed by atoms with van der Waals surface area (Å²) in [5.74, 6) is -1.59. The van der Waals surface area contributed by atoms with Gasteiger partial charge in [0, 0.05) is 7.11 Å². The van der Waals surface area contributed by atoms with Gasteiger partial charge < -0.3 is 19.3 Å². The molecule has 2 aliphatic rings. The lowest BCUT2D eigenvalue weighted by molar-refractivity contribution is -0.218. The van der Waals surface area contributed by atoms with Crippen LogP contribution in [0.3, 0.4) is 0 Å². The van der Waals surface area contributed by atoms with E-state index in [1.54, 1.807) is 6.92 Å². The Labute approximate surface area is 141 Å². The van der Waals surface area contributed by atoms with E-state index in [0.717, 1.165) is 19.3 Å². The number of aliphatic hydroxyl groups is 1. The molecule has 2 aliphatic heterocycles. The number of carbonyl (C=O) groups is 2. The summed E-state index contributed by atoms with van der Waals surface area (Å²) < 4.78 is 16.4. The molecule has 0 aliphatic carbocycles. The van der Waals surface area contributed by atoms with Crippen molar-refractivity contribution in [3.8, 4) is 0 Å². The van der Waals surface area contributed by atoms with Crippen molar-refractivity contribution in [3.63, 3.8) is 0 Å². The molecule has 0 saturated carbocycles. The number of hydrogen-bond donors (Lipinski definition) is 1. The van der Waals surface area contributed by atoms with Gasteiger partial charge in [0.05, 0.1) is 12.7 Å². The minimum absolute atomic E-state index is 0.0695. The first-order valence-electron chi connectivity index (χ1n) is 8.07. The fourth-order valence-corrected chi connectivity index (χ4v) is 3.03. The van der Waals surface area contributed by atoms with Gasteiger partial charge in [0.1, 0.15) is 24.6 Å². The third kappa shape index (κ3) is 3.06. The molecule has 2 rings (SSSR count). The van der Waals surface area contributed by atoms with E-state index in [1.165, 1.54) is 14.2 Å². The molecule has 24 heavy (non-hydrogen) atoms. The third-order valence-electron chi connectivity index (χ3n) is 4.49. The van der Waals surface area contributed by atoms with Crippen LogP contribution in [-0.2, 0) is 28.6 Å². The van der Waals surface area contributed by atoms with Crippen molar-refractivity contribution in [3.05, 3.63) is 11.3 Å². The maximum Gasteiger partial charge on any atom is 0.320 e. The lowest BCUT2D eigenvalue weighted by atomic mass is 9.82. The lowest BCUT2D eigenvalue weighted by Crippen LogP contribution is -2.57. The van der Waals surface area contributed by atoms with Crippen molar-refractivity contribution in [2.45, 2.75) is 57.3 Å². The van der Waals surface area contributed by atoms with Crippen LogP contribution in [0.5, 0.6) is 0 Å². The number of hydroxylamine groups is 2. The van der Waals surface area contributed by atoms with E-state index in [1.807, 2.05) is 0 Å². The molecule has 0 fully saturated rings. The Hall–Kier alpha value is -1.48. The van der Waals surface area contributed by atoms with E-state index in [4.69, 9.17) is 19.0 Å². The first kappa shape index (κ1) is 18.9. The Morgan fingerprint density at radius 1 is 1.25 bits per heavy atom. The number of nitrogens with zero attached hydrogens (tertiary/aromatic N) is 1. The topological polar surface area (TPSA) is 94.5 Å². The van der Waals surface area contributed by atoms with Crippen LogP contribution in [0.4, 0.5) is 0 Å². The third-order valence-corrected chi connectivity index (χ3v) is 4.49. The number of imide groups is 1. The van der Waals surface area contributed by atoms with E-state index >= 15 is 0 Å². The number of methoxy groups -OCH3 is 1. The molecule has 0 aromatic heterocycles. The van der Waals surface area contributed by atoms with Crippen LogP contribution in [0, 0.1) is 0 Å². The molecule has 1 N–H and O–H groups in total. The molecule has 0 saturated heterocycles. The van der Waals surface area contributed by atoms with Crippen LogP contribution in [0.15, 0.2) is 11.3 Å².